The largest absolute Gasteiger partial charge is 0.281 e. The molecule has 74 valence electrons. The molecule has 0 saturated carbocycles. The van der Waals surface area contributed by atoms with E-state index >= 15 is 0 Å². The molecule has 1 aromatic heterocycles. The van der Waals surface area contributed by atoms with E-state index in [1.54, 1.807) is 11.0 Å². The van der Waals surface area contributed by atoms with E-state index in [0.717, 1.165) is 31.8 Å². The van der Waals surface area contributed by atoms with Crippen molar-refractivity contribution in [1.82, 2.24) is 19.7 Å². The van der Waals surface area contributed by atoms with Gasteiger partial charge in [-0.2, -0.15) is 10.4 Å². The van der Waals surface area contributed by atoms with Crippen LogP contribution in [-0.4, -0.2) is 32.3 Å². The third kappa shape index (κ3) is 1.61. The molecular formula is C9H13N5. The maximum atomic E-state index is 8.90. The molecular weight excluding hydrogens is 178 g/mol. The second-order valence-electron chi connectivity index (χ2n) is 3.56. The molecule has 1 saturated heterocycles. The fourth-order valence-corrected chi connectivity index (χ4v) is 1.81. The second-order valence-corrected chi connectivity index (χ2v) is 3.56. The molecule has 14 heavy (non-hydrogen) atoms. The standard InChI is InChI=1S/C9H13N5/c1-13-9(11-7-12-13)6-14-4-2-3-8(14)5-10/h7-8H,2-4,6H2,1H3. The Morgan fingerprint density at radius 2 is 2.57 bits per heavy atom. The summed E-state index contributed by atoms with van der Waals surface area (Å²) in [5.41, 5.74) is 0. The normalized spacial score (nSPS) is 22.4. The molecule has 2 rings (SSSR count). The molecule has 5 heteroatoms. The van der Waals surface area contributed by atoms with Crippen molar-refractivity contribution in [1.29, 1.82) is 5.26 Å². The van der Waals surface area contributed by atoms with Gasteiger partial charge in [-0.1, -0.05) is 0 Å². The van der Waals surface area contributed by atoms with Crippen LogP contribution in [-0.2, 0) is 13.6 Å². The predicted octanol–water partition coefficient (Wildman–Crippen LogP) is 0.303. The SMILES string of the molecule is Cn1ncnc1CN1CCCC1C#N. The van der Waals surface area contributed by atoms with Crippen LogP contribution < -0.4 is 0 Å². The molecule has 1 aromatic rings. The first-order valence-corrected chi connectivity index (χ1v) is 4.78. The summed E-state index contributed by atoms with van der Waals surface area (Å²) in [6.07, 6.45) is 3.64. The molecule has 5 nitrogen and oxygen atoms in total. The summed E-state index contributed by atoms with van der Waals surface area (Å²) in [5.74, 6) is 0.923. The Bertz CT molecular complexity index is 350. The van der Waals surface area contributed by atoms with Crippen molar-refractivity contribution >= 4 is 0 Å². The van der Waals surface area contributed by atoms with E-state index < -0.39 is 0 Å². The highest BCUT2D eigenvalue weighted by Crippen LogP contribution is 2.18. The van der Waals surface area contributed by atoms with Gasteiger partial charge in [-0.25, -0.2) is 4.98 Å². The Morgan fingerprint density at radius 1 is 1.71 bits per heavy atom. The quantitative estimate of drug-likeness (QED) is 0.674. The number of nitrogens with zero attached hydrogens (tertiary/aromatic N) is 5. The van der Waals surface area contributed by atoms with Crippen LogP contribution >= 0.6 is 0 Å². The van der Waals surface area contributed by atoms with Crippen molar-refractivity contribution in [3.63, 3.8) is 0 Å². The number of rotatable bonds is 2. The maximum absolute atomic E-state index is 8.90. The zero-order valence-corrected chi connectivity index (χ0v) is 8.22. The summed E-state index contributed by atoms with van der Waals surface area (Å²) < 4.78 is 1.76. The van der Waals surface area contributed by atoms with Crippen LogP contribution in [0.15, 0.2) is 6.33 Å². The second kappa shape index (κ2) is 3.76. The lowest BCUT2D eigenvalue weighted by atomic mass is 10.2. The summed E-state index contributed by atoms with van der Waals surface area (Å²) in [6.45, 7) is 1.72. The number of nitriles is 1. The highest BCUT2D eigenvalue weighted by atomic mass is 15.3. The van der Waals surface area contributed by atoms with Gasteiger partial charge < -0.3 is 0 Å². The first-order valence-electron chi connectivity index (χ1n) is 4.78. The first-order chi connectivity index (χ1) is 6.81. The van der Waals surface area contributed by atoms with Crippen LogP contribution in [0.25, 0.3) is 0 Å². The average molecular weight is 191 g/mol. The number of likely N-dealkylation sites (tertiary alicyclic amines) is 1. The Kier molecular flexibility index (Phi) is 2.46. The Labute approximate surface area is 83.0 Å². The number of hydrogen-bond acceptors (Lipinski definition) is 4. The lowest BCUT2D eigenvalue weighted by Crippen LogP contribution is -2.28. The van der Waals surface area contributed by atoms with Crippen LogP contribution in [0.5, 0.6) is 0 Å². The highest BCUT2D eigenvalue weighted by molar-refractivity contribution is 4.98. The van der Waals surface area contributed by atoms with Crippen molar-refractivity contribution in [3.8, 4) is 6.07 Å². The average Bonchev–Trinajstić information content (AvgIpc) is 2.77. The molecule has 0 radical (unpaired) electrons. The third-order valence-electron chi connectivity index (χ3n) is 2.66. The molecule has 0 N–H and O–H groups in total. The molecule has 0 bridgehead atoms. The van der Waals surface area contributed by atoms with E-state index in [1.165, 1.54) is 0 Å². The van der Waals surface area contributed by atoms with Gasteiger partial charge >= 0.3 is 0 Å². The van der Waals surface area contributed by atoms with E-state index in [1.807, 2.05) is 7.05 Å². The lowest BCUT2D eigenvalue weighted by molar-refractivity contribution is 0.275. The van der Waals surface area contributed by atoms with Crippen molar-refractivity contribution in [3.05, 3.63) is 12.2 Å². The summed E-state index contributed by atoms with van der Waals surface area (Å²) in [6, 6.07) is 2.38. The maximum Gasteiger partial charge on any atom is 0.140 e. The van der Waals surface area contributed by atoms with Gasteiger partial charge in [0.15, 0.2) is 0 Å². The zero-order valence-electron chi connectivity index (χ0n) is 8.22. The van der Waals surface area contributed by atoms with Gasteiger partial charge in [0, 0.05) is 7.05 Å². The predicted molar refractivity (Wildman–Crippen MR) is 50.0 cm³/mol. The smallest absolute Gasteiger partial charge is 0.140 e. The molecule has 2 heterocycles. The van der Waals surface area contributed by atoms with Gasteiger partial charge in [-0.15, -0.1) is 0 Å². The van der Waals surface area contributed by atoms with Crippen LogP contribution in [0.3, 0.4) is 0 Å². The van der Waals surface area contributed by atoms with Crippen LogP contribution in [0, 0.1) is 11.3 Å². The van der Waals surface area contributed by atoms with Crippen molar-refractivity contribution < 1.29 is 0 Å². The van der Waals surface area contributed by atoms with Crippen molar-refractivity contribution in [2.45, 2.75) is 25.4 Å². The van der Waals surface area contributed by atoms with Gasteiger partial charge in [0.1, 0.15) is 12.2 Å². The Hall–Kier alpha value is -1.41. The zero-order chi connectivity index (χ0) is 9.97. The topological polar surface area (TPSA) is 57.7 Å². The Morgan fingerprint density at radius 3 is 3.21 bits per heavy atom. The fourth-order valence-electron chi connectivity index (χ4n) is 1.81. The highest BCUT2D eigenvalue weighted by Gasteiger charge is 2.24. The van der Waals surface area contributed by atoms with E-state index in [9.17, 15) is 0 Å². The van der Waals surface area contributed by atoms with Crippen molar-refractivity contribution in [2.75, 3.05) is 6.54 Å². The van der Waals surface area contributed by atoms with Crippen LogP contribution in [0.1, 0.15) is 18.7 Å². The van der Waals surface area contributed by atoms with E-state index in [4.69, 9.17) is 5.26 Å². The summed E-state index contributed by atoms with van der Waals surface area (Å²) >= 11 is 0. The number of hydrogen-bond donors (Lipinski definition) is 0. The minimum absolute atomic E-state index is 0.0618. The van der Waals surface area contributed by atoms with E-state index in [-0.39, 0.29) is 6.04 Å². The van der Waals surface area contributed by atoms with E-state index in [2.05, 4.69) is 21.1 Å². The molecule has 0 aliphatic carbocycles. The van der Waals surface area contributed by atoms with Gasteiger partial charge in [-0.05, 0) is 19.4 Å². The molecule has 1 unspecified atom stereocenters. The molecule has 1 atom stereocenters. The Balaban J connectivity index is 2.05. The van der Waals surface area contributed by atoms with E-state index in [0.29, 0.717) is 0 Å². The first kappa shape index (κ1) is 9.16. The summed E-state index contributed by atoms with van der Waals surface area (Å²) in [7, 11) is 1.87. The van der Waals surface area contributed by atoms with Crippen LogP contribution in [0.2, 0.25) is 0 Å². The number of aryl methyl sites for hydroxylation is 1. The monoisotopic (exact) mass is 191 g/mol. The van der Waals surface area contributed by atoms with Gasteiger partial charge in [0.25, 0.3) is 0 Å². The molecule has 0 amide bonds. The van der Waals surface area contributed by atoms with Gasteiger partial charge in [0.05, 0.1) is 18.7 Å². The summed E-state index contributed by atoms with van der Waals surface area (Å²) in [4.78, 5) is 6.31. The minimum Gasteiger partial charge on any atom is -0.281 e. The molecule has 1 aliphatic heterocycles. The van der Waals surface area contributed by atoms with Gasteiger partial charge in [-0.3, -0.25) is 9.58 Å². The number of aromatic nitrogens is 3. The minimum atomic E-state index is 0.0618. The van der Waals surface area contributed by atoms with Crippen molar-refractivity contribution in [2.24, 2.45) is 7.05 Å². The summed E-state index contributed by atoms with van der Waals surface area (Å²) in [5, 5.41) is 12.9. The van der Waals surface area contributed by atoms with Gasteiger partial charge in [0.2, 0.25) is 0 Å². The fraction of sp³-hybridized carbons (Fsp3) is 0.667. The molecule has 1 fully saturated rings. The molecule has 0 aromatic carbocycles. The third-order valence-corrected chi connectivity index (χ3v) is 2.66. The van der Waals surface area contributed by atoms with Crippen LogP contribution in [0.4, 0.5) is 0 Å². The molecule has 1 aliphatic rings. The lowest BCUT2D eigenvalue weighted by Gasteiger charge is -2.17. The molecule has 0 spiro atoms.